The molecule has 0 bridgehead atoms. The summed E-state index contributed by atoms with van der Waals surface area (Å²) in [5.41, 5.74) is 0.270. The standard InChI is InChI=1S/C19H22N4O6S/c1-12(2)17(24)21-15-10-9-14(11-16(15)22-18(20)23-19(25)28-3)30(26,27)29-13-7-5-4-6-8-13/h4-12H,1-3H3,(H,21,24)(H3,20,22,23,25). The Morgan fingerprint density at radius 2 is 1.67 bits per heavy atom. The second-order valence-electron chi connectivity index (χ2n) is 6.32. The third-order valence-electron chi connectivity index (χ3n) is 3.68. The van der Waals surface area contributed by atoms with Gasteiger partial charge in [-0.3, -0.25) is 15.5 Å². The van der Waals surface area contributed by atoms with E-state index in [9.17, 15) is 18.0 Å². The molecule has 0 aliphatic carbocycles. The molecule has 4 N–H and O–H groups in total. The molecule has 11 heteroatoms. The molecule has 2 rings (SSSR count). The van der Waals surface area contributed by atoms with Crippen LogP contribution in [0.15, 0.2) is 53.4 Å². The molecule has 0 aliphatic heterocycles. The lowest BCUT2D eigenvalue weighted by Gasteiger charge is -2.16. The molecule has 0 unspecified atom stereocenters. The Labute approximate surface area is 174 Å². The van der Waals surface area contributed by atoms with Crippen LogP contribution in [0.4, 0.5) is 16.2 Å². The van der Waals surface area contributed by atoms with Crippen molar-refractivity contribution in [2.24, 2.45) is 5.92 Å². The zero-order valence-corrected chi connectivity index (χ0v) is 17.4. The number of benzene rings is 2. The maximum absolute atomic E-state index is 12.6. The average molecular weight is 434 g/mol. The van der Waals surface area contributed by atoms with Gasteiger partial charge in [0.1, 0.15) is 10.6 Å². The van der Waals surface area contributed by atoms with E-state index < -0.39 is 22.2 Å². The predicted octanol–water partition coefficient (Wildman–Crippen LogP) is 2.75. The summed E-state index contributed by atoms with van der Waals surface area (Å²) in [6.07, 6.45) is -0.892. The first-order valence-electron chi connectivity index (χ1n) is 8.77. The highest BCUT2D eigenvalue weighted by Crippen LogP contribution is 2.28. The maximum Gasteiger partial charge on any atom is 0.413 e. The van der Waals surface area contributed by atoms with Crippen molar-refractivity contribution >= 4 is 39.5 Å². The van der Waals surface area contributed by atoms with Crippen LogP contribution in [0.1, 0.15) is 13.8 Å². The zero-order valence-electron chi connectivity index (χ0n) is 16.6. The molecule has 0 spiro atoms. The smallest absolute Gasteiger partial charge is 0.413 e. The Morgan fingerprint density at radius 1 is 1.00 bits per heavy atom. The van der Waals surface area contributed by atoms with Crippen molar-refractivity contribution in [1.29, 1.82) is 5.41 Å². The van der Waals surface area contributed by atoms with Crippen LogP contribution in [0.25, 0.3) is 0 Å². The number of anilines is 2. The van der Waals surface area contributed by atoms with Gasteiger partial charge in [-0.25, -0.2) is 4.79 Å². The van der Waals surface area contributed by atoms with Crippen molar-refractivity contribution in [2.45, 2.75) is 18.7 Å². The van der Waals surface area contributed by atoms with Gasteiger partial charge >= 0.3 is 16.2 Å². The molecule has 0 saturated carbocycles. The summed E-state index contributed by atoms with van der Waals surface area (Å²) in [6, 6.07) is 11.7. The minimum absolute atomic E-state index is 0.0585. The molecule has 30 heavy (non-hydrogen) atoms. The fourth-order valence-corrected chi connectivity index (χ4v) is 3.10. The van der Waals surface area contributed by atoms with Crippen LogP contribution in [0.5, 0.6) is 5.75 Å². The topological polar surface area (TPSA) is 147 Å². The van der Waals surface area contributed by atoms with Crippen molar-refractivity contribution in [2.75, 3.05) is 17.7 Å². The summed E-state index contributed by atoms with van der Waals surface area (Å²) in [6.45, 7) is 3.38. The summed E-state index contributed by atoms with van der Waals surface area (Å²) in [5, 5.41) is 15.1. The summed E-state index contributed by atoms with van der Waals surface area (Å²) in [5.74, 6) is -1.01. The molecule has 0 fully saturated rings. The minimum atomic E-state index is -4.20. The number of ether oxygens (including phenoxy) is 1. The fourth-order valence-electron chi connectivity index (χ4n) is 2.14. The summed E-state index contributed by atoms with van der Waals surface area (Å²) in [4.78, 5) is 23.1. The highest BCUT2D eigenvalue weighted by molar-refractivity contribution is 7.87. The normalized spacial score (nSPS) is 10.8. The first-order chi connectivity index (χ1) is 14.1. The van der Waals surface area contributed by atoms with Gasteiger partial charge in [-0.05, 0) is 30.3 Å². The first kappa shape index (κ1) is 22.7. The molecule has 2 amide bonds. The third-order valence-corrected chi connectivity index (χ3v) is 4.93. The van der Waals surface area contributed by atoms with Gasteiger partial charge in [0.15, 0.2) is 0 Å². The molecule has 0 aromatic heterocycles. The molecule has 0 aliphatic rings. The van der Waals surface area contributed by atoms with Crippen LogP contribution in [-0.4, -0.2) is 33.5 Å². The lowest BCUT2D eigenvalue weighted by Crippen LogP contribution is -2.35. The second-order valence-corrected chi connectivity index (χ2v) is 7.86. The maximum atomic E-state index is 12.6. The Hall–Kier alpha value is -3.60. The van der Waals surface area contributed by atoms with Crippen LogP contribution in [0.2, 0.25) is 0 Å². The van der Waals surface area contributed by atoms with Crippen molar-refractivity contribution < 1.29 is 26.9 Å². The molecular formula is C19H22N4O6S. The van der Waals surface area contributed by atoms with Crippen molar-refractivity contribution in [3.8, 4) is 5.75 Å². The number of hydrogen-bond donors (Lipinski definition) is 4. The predicted molar refractivity (Wildman–Crippen MR) is 111 cm³/mol. The van der Waals surface area contributed by atoms with Crippen molar-refractivity contribution in [1.82, 2.24) is 5.32 Å². The van der Waals surface area contributed by atoms with Gasteiger partial charge in [0, 0.05) is 5.92 Å². The molecule has 0 heterocycles. The third kappa shape index (κ3) is 6.21. The van der Waals surface area contributed by atoms with Crippen LogP contribution in [0.3, 0.4) is 0 Å². The summed E-state index contributed by atoms with van der Waals surface area (Å²) < 4.78 is 34.8. The van der Waals surface area contributed by atoms with Crippen LogP contribution in [0, 0.1) is 11.3 Å². The van der Waals surface area contributed by atoms with Gasteiger partial charge in [-0.2, -0.15) is 8.42 Å². The van der Waals surface area contributed by atoms with E-state index in [1.807, 2.05) is 0 Å². The highest BCUT2D eigenvalue weighted by atomic mass is 32.2. The number of hydrogen-bond acceptors (Lipinski definition) is 7. The van der Waals surface area contributed by atoms with Crippen molar-refractivity contribution in [3.63, 3.8) is 0 Å². The van der Waals surface area contributed by atoms with Crippen molar-refractivity contribution in [3.05, 3.63) is 48.5 Å². The van der Waals surface area contributed by atoms with E-state index >= 15 is 0 Å². The molecule has 160 valence electrons. The SMILES string of the molecule is COC(=O)NC(=N)Nc1cc(S(=O)(=O)Oc2ccccc2)ccc1NC(=O)C(C)C. The zero-order chi connectivity index (χ0) is 22.3. The lowest BCUT2D eigenvalue weighted by atomic mass is 10.2. The number of nitrogens with one attached hydrogen (secondary N) is 4. The number of methoxy groups -OCH3 is 1. The molecule has 0 atom stereocenters. The highest BCUT2D eigenvalue weighted by Gasteiger charge is 2.20. The molecule has 2 aromatic rings. The quantitative estimate of drug-likeness (QED) is 0.310. The first-order valence-corrected chi connectivity index (χ1v) is 10.2. The van der Waals surface area contributed by atoms with E-state index in [2.05, 4.69) is 20.7 Å². The van der Waals surface area contributed by atoms with Crippen LogP contribution < -0.4 is 20.1 Å². The van der Waals surface area contributed by atoms with Gasteiger partial charge in [0.2, 0.25) is 11.9 Å². The number of alkyl carbamates (subject to hydrolysis) is 1. The number of amides is 2. The lowest BCUT2D eigenvalue weighted by molar-refractivity contribution is -0.118. The average Bonchev–Trinajstić information content (AvgIpc) is 2.69. The second kappa shape index (κ2) is 9.74. The van der Waals surface area contributed by atoms with E-state index in [-0.39, 0.29) is 33.8 Å². The monoisotopic (exact) mass is 434 g/mol. The van der Waals surface area contributed by atoms with E-state index in [0.29, 0.717) is 0 Å². The van der Waals surface area contributed by atoms with Gasteiger partial charge in [0.25, 0.3) is 0 Å². The van der Waals surface area contributed by atoms with Crippen LogP contribution >= 0.6 is 0 Å². The van der Waals surface area contributed by atoms with E-state index in [4.69, 9.17) is 9.59 Å². The van der Waals surface area contributed by atoms with Crippen LogP contribution in [-0.2, 0) is 19.6 Å². The summed E-state index contributed by atoms with van der Waals surface area (Å²) >= 11 is 0. The molecular weight excluding hydrogens is 412 g/mol. The number of carbonyl (C=O) groups is 2. The largest absolute Gasteiger partial charge is 0.453 e. The number of para-hydroxylation sites is 1. The molecule has 2 aromatic carbocycles. The fraction of sp³-hybridized carbons (Fsp3) is 0.211. The van der Waals surface area contributed by atoms with E-state index in [1.165, 1.54) is 30.3 Å². The van der Waals surface area contributed by atoms with Gasteiger partial charge in [0.05, 0.1) is 18.5 Å². The van der Waals surface area contributed by atoms with Gasteiger partial charge in [-0.1, -0.05) is 32.0 Å². The Morgan fingerprint density at radius 3 is 2.27 bits per heavy atom. The molecule has 0 saturated heterocycles. The minimum Gasteiger partial charge on any atom is -0.453 e. The van der Waals surface area contributed by atoms with Gasteiger partial charge < -0.3 is 19.6 Å². The molecule has 10 nitrogen and oxygen atoms in total. The number of rotatable bonds is 6. The Balaban J connectivity index is 2.37. The molecule has 0 radical (unpaired) electrons. The number of guanidine groups is 1. The Kier molecular flexibility index (Phi) is 7.37. The van der Waals surface area contributed by atoms with E-state index in [0.717, 1.165) is 7.11 Å². The van der Waals surface area contributed by atoms with E-state index in [1.54, 1.807) is 32.0 Å². The number of carbonyl (C=O) groups excluding carboxylic acids is 2. The summed E-state index contributed by atoms with van der Waals surface area (Å²) in [7, 11) is -3.07. The van der Waals surface area contributed by atoms with Gasteiger partial charge in [-0.15, -0.1) is 0 Å². The Bertz CT molecular complexity index is 1040.